The molecule has 0 amide bonds. The van der Waals surface area contributed by atoms with Crippen molar-refractivity contribution in [3.63, 3.8) is 0 Å². The highest BCUT2D eigenvalue weighted by atomic mass is 16.3. The Morgan fingerprint density at radius 2 is 1.80 bits per heavy atom. The SMILES string of the molecule is N.NCCO. The minimum absolute atomic E-state index is 0. The van der Waals surface area contributed by atoms with E-state index < -0.39 is 0 Å². The second-order valence-corrected chi connectivity index (χ2v) is 0.512. The van der Waals surface area contributed by atoms with Crippen molar-refractivity contribution in [3.8, 4) is 0 Å². The molecule has 6 N–H and O–H groups in total. The van der Waals surface area contributed by atoms with Gasteiger partial charge in [0.2, 0.25) is 0 Å². The minimum atomic E-state index is 0. The predicted molar refractivity (Wildman–Crippen MR) is 21.2 cm³/mol. The van der Waals surface area contributed by atoms with Crippen molar-refractivity contribution in [2.24, 2.45) is 5.73 Å². The first-order valence-corrected chi connectivity index (χ1v) is 1.22. The first-order chi connectivity index (χ1) is 1.91. The molecule has 0 radical (unpaired) electrons. The summed E-state index contributed by atoms with van der Waals surface area (Å²) in [7, 11) is 0. The molecular formula is C2H10N2O. The highest BCUT2D eigenvalue weighted by Crippen LogP contribution is 1.33. The molecule has 0 aromatic carbocycles. The van der Waals surface area contributed by atoms with E-state index in [4.69, 9.17) is 10.8 Å². The molecule has 0 aliphatic carbocycles. The van der Waals surface area contributed by atoms with Gasteiger partial charge in [0.05, 0.1) is 6.61 Å². The van der Waals surface area contributed by atoms with E-state index in [0.717, 1.165) is 0 Å². The van der Waals surface area contributed by atoms with Crippen molar-refractivity contribution < 1.29 is 5.11 Å². The van der Waals surface area contributed by atoms with E-state index in [2.05, 4.69) is 0 Å². The third kappa shape index (κ3) is 17.7. The van der Waals surface area contributed by atoms with Crippen molar-refractivity contribution in [3.05, 3.63) is 0 Å². The molecule has 0 heterocycles. The van der Waals surface area contributed by atoms with Gasteiger partial charge in [0, 0.05) is 6.54 Å². The van der Waals surface area contributed by atoms with E-state index in [1.54, 1.807) is 0 Å². The lowest BCUT2D eigenvalue weighted by molar-refractivity contribution is 0.306. The molecule has 0 spiro atoms. The number of aliphatic hydroxyl groups excluding tert-OH is 1. The molecule has 0 fully saturated rings. The molecule has 0 aromatic rings. The van der Waals surface area contributed by atoms with E-state index in [-0.39, 0.29) is 12.8 Å². The maximum Gasteiger partial charge on any atom is 0.0553 e. The normalized spacial score (nSPS) is 6.00. The average Bonchev–Trinajstić information content (AvgIpc) is 1.37. The molecule has 0 aromatic heterocycles. The molecule has 0 aliphatic heterocycles. The fourth-order valence-electron chi connectivity index (χ4n) is 0. The van der Waals surface area contributed by atoms with Gasteiger partial charge in [-0.2, -0.15) is 0 Å². The third-order valence-corrected chi connectivity index (χ3v) is 0.129. The fourth-order valence-corrected chi connectivity index (χ4v) is 0. The van der Waals surface area contributed by atoms with Gasteiger partial charge in [-0.3, -0.25) is 0 Å². The maximum atomic E-state index is 7.75. The van der Waals surface area contributed by atoms with Gasteiger partial charge < -0.3 is 17.0 Å². The Balaban J connectivity index is 0. The van der Waals surface area contributed by atoms with Crippen molar-refractivity contribution in [1.29, 1.82) is 0 Å². The zero-order valence-corrected chi connectivity index (χ0v) is 3.15. The molecule has 34 valence electrons. The Kier molecular flexibility index (Phi) is 16.1. The fraction of sp³-hybridized carbons (Fsp3) is 1.00. The van der Waals surface area contributed by atoms with Crippen molar-refractivity contribution in [2.45, 2.75) is 0 Å². The molecular weight excluding hydrogens is 68.0 g/mol. The number of hydrogen-bond donors (Lipinski definition) is 3. The Morgan fingerprint density at radius 1 is 1.60 bits per heavy atom. The molecule has 3 nitrogen and oxygen atoms in total. The van der Waals surface area contributed by atoms with E-state index in [1.165, 1.54) is 0 Å². The van der Waals surface area contributed by atoms with Gasteiger partial charge in [0.1, 0.15) is 0 Å². The second-order valence-electron chi connectivity index (χ2n) is 0.512. The van der Waals surface area contributed by atoms with Gasteiger partial charge in [0.15, 0.2) is 0 Å². The largest absolute Gasteiger partial charge is 0.395 e. The Bertz CT molecular complexity index is 9.61. The van der Waals surface area contributed by atoms with E-state index >= 15 is 0 Å². The van der Waals surface area contributed by atoms with Crippen LogP contribution in [0.4, 0.5) is 0 Å². The molecule has 0 rings (SSSR count). The van der Waals surface area contributed by atoms with Crippen LogP contribution < -0.4 is 11.9 Å². The summed E-state index contributed by atoms with van der Waals surface area (Å²) in [6, 6.07) is 0. The van der Waals surface area contributed by atoms with Crippen LogP contribution in [-0.4, -0.2) is 18.3 Å². The lowest BCUT2D eigenvalue weighted by Crippen LogP contribution is -2.02. The number of nitrogens with two attached hydrogens (primary N) is 1. The highest BCUT2D eigenvalue weighted by Gasteiger charge is 1.56. The van der Waals surface area contributed by atoms with Gasteiger partial charge in [-0.15, -0.1) is 0 Å². The van der Waals surface area contributed by atoms with Gasteiger partial charge >= 0.3 is 0 Å². The van der Waals surface area contributed by atoms with Crippen molar-refractivity contribution in [2.75, 3.05) is 13.2 Å². The zero-order chi connectivity index (χ0) is 3.41. The van der Waals surface area contributed by atoms with Crippen LogP contribution in [0.1, 0.15) is 0 Å². The summed E-state index contributed by atoms with van der Waals surface area (Å²) in [5.74, 6) is 0. The van der Waals surface area contributed by atoms with Crippen molar-refractivity contribution in [1.82, 2.24) is 6.15 Å². The Morgan fingerprint density at radius 3 is 1.80 bits per heavy atom. The van der Waals surface area contributed by atoms with Crippen LogP contribution in [0.5, 0.6) is 0 Å². The Hall–Kier alpha value is -0.120. The van der Waals surface area contributed by atoms with Gasteiger partial charge in [-0.05, 0) is 0 Å². The van der Waals surface area contributed by atoms with Gasteiger partial charge in [-0.1, -0.05) is 0 Å². The second kappa shape index (κ2) is 9.11. The van der Waals surface area contributed by atoms with Crippen LogP contribution in [0.3, 0.4) is 0 Å². The van der Waals surface area contributed by atoms with Crippen LogP contribution in [0.25, 0.3) is 0 Å². The van der Waals surface area contributed by atoms with Crippen LogP contribution >= 0.6 is 0 Å². The number of rotatable bonds is 1. The van der Waals surface area contributed by atoms with Gasteiger partial charge in [-0.25, -0.2) is 0 Å². The molecule has 3 heteroatoms. The standard InChI is InChI=1S/C2H7NO.H3N/c3-1-2-4;/h4H,1-3H2;1H3. The Labute approximate surface area is 31.4 Å². The molecule has 0 bridgehead atoms. The highest BCUT2D eigenvalue weighted by molar-refractivity contribution is 4.17. The molecule has 0 atom stereocenters. The molecule has 0 aliphatic rings. The summed E-state index contributed by atoms with van der Waals surface area (Å²) in [5.41, 5.74) is 4.78. The van der Waals surface area contributed by atoms with Crippen LogP contribution in [0.2, 0.25) is 0 Å². The van der Waals surface area contributed by atoms with Crippen molar-refractivity contribution >= 4 is 0 Å². The summed E-state index contributed by atoms with van der Waals surface area (Å²) in [6.07, 6.45) is 0. The first kappa shape index (κ1) is 8.86. The van der Waals surface area contributed by atoms with E-state index in [0.29, 0.717) is 6.54 Å². The molecule has 0 saturated heterocycles. The smallest absolute Gasteiger partial charge is 0.0553 e. The minimum Gasteiger partial charge on any atom is -0.395 e. The van der Waals surface area contributed by atoms with E-state index in [9.17, 15) is 0 Å². The molecule has 0 unspecified atom stereocenters. The van der Waals surface area contributed by atoms with E-state index in [1.807, 2.05) is 0 Å². The zero-order valence-electron chi connectivity index (χ0n) is 3.15. The molecule has 0 saturated carbocycles. The quantitative estimate of drug-likeness (QED) is 0.380. The summed E-state index contributed by atoms with van der Waals surface area (Å²) in [4.78, 5) is 0. The number of hydrogen-bond acceptors (Lipinski definition) is 3. The van der Waals surface area contributed by atoms with Crippen LogP contribution in [-0.2, 0) is 0 Å². The van der Waals surface area contributed by atoms with Crippen LogP contribution in [0.15, 0.2) is 0 Å². The average molecular weight is 78.1 g/mol. The maximum absolute atomic E-state index is 7.75. The summed E-state index contributed by atoms with van der Waals surface area (Å²) in [5, 5.41) is 7.75. The lowest BCUT2D eigenvalue weighted by Gasteiger charge is -1.71. The first-order valence-electron chi connectivity index (χ1n) is 1.22. The topological polar surface area (TPSA) is 81.2 Å². The summed E-state index contributed by atoms with van der Waals surface area (Å²) < 4.78 is 0. The molecule has 5 heavy (non-hydrogen) atoms. The lowest BCUT2D eigenvalue weighted by atomic mass is 10.8. The summed E-state index contributed by atoms with van der Waals surface area (Å²) in [6.45, 7) is 0.472. The van der Waals surface area contributed by atoms with Crippen LogP contribution in [0, 0.1) is 0 Å². The van der Waals surface area contributed by atoms with Gasteiger partial charge in [0.25, 0.3) is 0 Å². The third-order valence-electron chi connectivity index (χ3n) is 0.129. The monoisotopic (exact) mass is 78.1 g/mol. The summed E-state index contributed by atoms with van der Waals surface area (Å²) >= 11 is 0. The number of aliphatic hydroxyl groups is 1. The predicted octanol–water partition coefficient (Wildman–Crippen LogP) is -0.901.